The number of thiazole rings is 1. The van der Waals surface area contributed by atoms with E-state index in [4.69, 9.17) is 32.2 Å². The van der Waals surface area contributed by atoms with Gasteiger partial charge in [-0.15, -0.1) is 0 Å². The van der Waals surface area contributed by atoms with Gasteiger partial charge in [-0.25, -0.2) is 4.98 Å². The summed E-state index contributed by atoms with van der Waals surface area (Å²) < 4.78 is 0. The molecule has 0 aliphatic carbocycles. The van der Waals surface area contributed by atoms with Gasteiger partial charge in [0.1, 0.15) is 16.5 Å². The van der Waals surface area contributed by atoms with E-state index in [0.29, 0.717) is 0 Å². The maximum atomic E-state index is 9.07. The van der Waals surface area contributed by atoms with Crippen LogP contribution in [0.4, 0.5) is 5.13 Å². The third kappa shape index (κ3) is 2.61. The number of nitriles is 1. The molecule has 0 aliphatic rings. The van der Waals surface area contributed by atoms with E-state index in [1.807, 2.05) is 6.07 Å². The molecule has 4 N–H and O–H groups in total. The Morgan fingerprint density at radius 3 is 2.31 bits per heavy atom. The molecule has 16 heavy (non-hydrogen) atoms. The number of halogens is 1. The fourth-order valence-electron chi connectivity index (χ4n) is 0.919. The van der Waals surface area contributed by atoms with E-state index in [2.05, 4.69) is 10.3 Å². The lowest BCUT2D eigenvalue weighted by atomic mass is 10.0. The van der Waals surface area contributed by atoms with Crippen molar-refractivity contribution >= 4 is 28.1 Å². The Labute approximate surface area is 101 Å². The van der Waals surface area contributed by atoms with Gasteiger partial charge in [0.15, 0.2) is 10.3 Å². The van der Waals surface area contributed by atoms with Gasteiger partial charge >= 0.3 is 0 Å². The van der Waals surface area contributed by atoms with Gasteiger partial charge in [0, 0.05) is 0 Å². The minimum atomic E-state index is -1.27. The first kappa shape index (κ1) is 13.2. The van der Waals surface area contributed by atoms with Crippen molar-refractivity contribution < 1.29 is 15.3 Å². The zero-order valence-corrected chi connectivity index (χ0v) is 9.72. The van der Waals surface area contributed by atoms with E-state index in [0.717, 1.165) is 11.3 Å². The predicted octanol–water partition coefficient (Wildman–Crippen LogP) is -0.204. The molecule has 1 heterocycles. The molecule has 0 bridgehead atoms. The molecule has 88 valence electrons. The molecule has 0 aliphatic heterocycles. The number of aliphatic hydroxyl groups is 3. The molecule has 0 fully saturated rings. The van der Waals surface area contributed by atoms with Crippen LogP contribution in [-0.4, -0.2) is 45.7 Å². The summed E-state index contributed by atoms with van der Waals surface area (Å²) in [7, 11) is 0. The molecule has 0 radical (unpaired) electrons. The quantitative estimate of drug-likeness (QED) is 0.586. The second-order valence-electron chi connectivity index (χ2n) is 3.13. The molecule has 6 nitrogen and oxygen atoms in total. The van der Waals surface area contributed by atoms with Gasteiger partial charge in [-0.05, 0) is 0 Å². The van der Waals surface area contributed by atoms with Crippen molar-refractivity contribution in [1.82, 2.24) is 4.98 Å². The second-order valence-corrected chi connectivity index (χ2v) is 4.49. The van der Waals surface area contributed by atoms with Gasteiger partial charge in [0.2, 0.25) is 0 Å². The average Bonchev–Trinajstić information content (AvgIpc) is 2.66. The summed E-state index contributed by atoms with van der Waals surface area (Å²) in [6, 6.07) is 1.85. The summed E-state index contributed by atoms with van der Waals surface area (Å²) >= 11 is 6.64. The Balaban J connectivity index is 2.90. The number of hydrogen-bond donors (Lipinski definition) is 4. The normalized spacial score (nSPS) is 11.2. The number of anilines is 1. The van der Waals surface area contributed by atoms with E-state index < -0.39 is 25.4 Å². The van der Waals surface area contributed by atoms with E-state index in [1.54, 1.807) is 0 Å². The lowest BCUT2D eigenvalue weighted by Crippen LogP contribution is -2.49. The summed E-state index contributed by atoms with van der Waals surface area (Å²) in [5.41, 5.74) is -1.27. The molecule has 0 atom stereocenters. The van der Waals surface area contributed by atoms with Crippen molar-refractivity contribution in [2.75, 3.05) is 25.1 Å². The molecule has 0 unspecified atom stereocenters. The van der Waals surface area contributed by atoms with Crippen LogP contribution >= 0.6 is 22.9 Å². The summed E-state index contributed by atoms with van der Waals surface area (Å²) in [6.07, 6.45) is 0. The minimum absolute atomic E-state index is 0.0534. The van der Waals surface area contributed by atoms with Crippen LogP contribution in [0.5, 0.6) is 0 Å². The standard InChI is InChI=1S/C8H10ClN3O3S/c9-6-5(1-10)16-7(11-6)12-8(2-13,3-14)4-15/h13-15H,2-4H2,(H,11,12). The van der Waals surface area contributed by atoms with E-state index in [1.165, 1.54) is 0 Å². The van der Waals surface area contributed by atoms with E-state index in [-0.39, 0.29) is 15.2 Å². The molecule has 0 aromatic carbocycles. The first-order valence-electron chi connectivity index (χ1n) is 4.28. The highest BCUT2D eigenvalue weighted by molar-refractivity contribution is 7.16. The van der Waals surface area contributed by atoms with Crippen LogP contribution in [0.1, 0.15) is 4.88 Å². The summed E-state index contributed by atoms with van der Waals surface area (Å²) in [5, 5.41) is 38.8. The Hall–Kier alpha value is -0.910. The zero-order chi connectivity index (χ0) is 12.2. The SMILES string of the molecule is N#Cc1sc(NC(CO)(CO)CO)nc1Cl. The van der Waals surface area contributed by atoms with Gasteiger partial charge in [-0.3, -0.25) is 0 Å². The van der Waals surface area contributed by atoms with Crippen LogP contribution in [-0.2, 0) is 0 Å². The van der Waals surface area contributed by atoms with Crippen molar-refractivity contribution in [3.05, 3.63) is 10.0 Å². The highest BCUT2D eigenvalue weighted by atomic mass is 35.5. The number of aromatic nitrogens is 1. The molecule has 0 saturated heterocycles. The van der Waals surface area contributed by atoms with Crippen molar-refractivity contribution in [2.24, 2.45) is 0 Å². The maximum Gasteiger partial charge on any atom is 0.186 e. The van der Waals surface area contributed by atoms with Gasteiger partial charge in [0.05, 0.1) is 19.8 Å². The molecule has 1 rings (SSSR count). The monoisotopic (exact) mass is 263 g/mol. The second kappa shape index (κ2) is 5.43. The molecular formula is C8H10ClN3O3S. The summed E-state index contributed by atoms with van der Waals surface area (Å²) in [4.78, 5) is 4.06. The first-order chi connectivity index (χ1) is 7.60. The smallest absolute Gasteiger partial charge is 0.186 e. The van der Waals surface area contributed by atoms with Crippen LogP contribution in [0.25, 0.3) is 0 Å². The van der Waals surface area contributed by atoms with Crippen LogP contribution in [0.2, 0.25) is 5.15 Å². The highest BCUT2D eigenvalue weighted by Gasteiger charge is 2.29. The average molecular weight is 264 g/mol. The topological polar surface area (TPSA) is 109 Å². The first-order valence-corrected chi connectivity index (χ1v) is 5.47. The van der Waals surface area contributed by atoms with Crippen LogP contribution in [0.3, 0.4) is 0 Å². The Morgan fingerprint density at radius 1 is 1.38 bits per heavy atom. The fourth-order valence-corrected chi connectivity index (χ4v) is 1.99. The van der Waals surface area contributed by atoms with Crippen molar-refractivity contribution in [2.45, 2.75) is 5.54 Å². The number of aliphatic hydroxyl groups excluding tert-OH is 3. The molecule has 1 aromatic heterocycles. The molecule has 0 amide bonds. The Kier molecular flexibility index (Phi) is 4.46. The predicted molar refractivity (Wildman–Crippen MR) is 59.5 cm³/mol. The molecule has 0 saturated carbocycles. The van der Waals surface area contributed by atoms with Crippen LogP contribution in [0.15, 0.2) is 0 Å². The highest BCUT2D eigenvalue weighted by Crippen LogP contribution is 2.27. The molecular weight excluding hydrogens is 254 g/mol. The van der Waals surface area contributed by atoms with Crippen LogP contribution in [0, 0.1) is 11.3 Å². The number of hydrogen-bond acceptors (Lipinski definition) is 7. The number of rotatable bonds is 5. The lowest BCUT2D eigenvalue weighted by Gasteiger charge is -2.28. The summed E-state index contributed by atoms with van der Waals surface area (Å²) in [6.45, 7) is -1.42. The fraction of sp³-hybridized carbons (Fsp3) is 0.500. The zero-order valence-electron chi connectivity index (χ0n) is 8.14. The largest absolute Gasteiger partial charge is 0.394 e. The minimum Gasteiger partial charge on any atom is -0.394 e. The lowest BCUT2D eigenvalue weighted by molar-refractivity contribution is 0.0833. The van der Waals surface area contributed by atoms with Crippen molar-refractivity contribution in [1.29, 1.82) is 5.26 Å². The van der Waals surface area contributed by atoms with Gasteiger partial charge < -0.3 is 20.6 Å². The van der Waals surface area contributed by atoms with Crippen LogP contribution < -0.4 is 5.32 Å². The molecule has 0 spiro atoms. The number of nitrogens with one attached hydrogen (secondary N) is 1. The Bertz CT molecular complexity index is 391. The van der Waals surface area contributed by atoms with Crippen molar-refractivity contribution in [3.63, 3.8) is 0 Å². The molecule has 1 aromatic rings. The Morgan fingerprint density at radius 2 is 1.94 bits per heavy atom. The van der Waals surface area contributed by atoms with E-state index >= 15 is 0 Å². The number of nitrogens with zero attached hydrogens (tertiary/aromatic N) is 2. The van der Waals surface area contributed by atoms with Gasteiger partial charge in [0.25, 0.3) is 0 Å². The van der Waals surface area contributed by atoms with Gasteiger partial charge in [-0.1, -0.05) is 22.9 Å². The molecule has 8 heteroatoms. The van der Waals surface area contributed by atoms with Crippen molar-refractivity contribution in [3.8, 4) is 6.07 Å². The third-order valence-electron chi connectivity index (χ3n) is 1.97. The maximum absolute atomic E-state index is 9.07. The van der Waals surface area contributed by atoms with Gasteiger partial charge in [-0.2, -0.15) is 5.26 Å². The third-order valence-corrected chi connectivity index (χ3v) is 3.23. The van der Waals surface area contributed by atoms with E-state index in [9.17, 15) is 0 Å². The summed E-state index contributed by atoms with van der Waals surface area (Å²) in [5.74, 6) is 0.